The van der Waals surface area contributed by atoms with Crippen molar-refractivity contribution in [3.05, 3.63) is 53.6 Å². The Morgan fingerprint density at radius 1 is 1.14 bits per heavy atom. The second kappa shape index (κ2) is 10.4. The standard InChI is InChI=1S/C30H35N3O3/c1-20(22-11-12-22)36-29(34)17-21-7-9-23(10-8-21)30-27(19-31)26-14-13-25(35-16-15-32(2)3)18-28(26)33(30)24-5-4-6-24/h7-10,13-14,18,20,22,24H,4-6,11-12,15-17H2,1-3H3. The largest absolute Gasteiger partial charge is 0.492 e. The van der Waals surface area contributed by atoms with Gasteiger partial charge in [0.25, 0.3) is 0 Å². The second-order valence-electron chi connectivity index (χ2n) is 10.5. The van der Waals surface area contributed by atoms with Gasteiger partial charge in [0.2, 0.25) is 0 Å². The molecule has 1 heterocycles. The van der Waals surface area contributed by atoms with Crippen LogP contribution in [0.25, 0.3) is 22.2 Å². The highest BCUT2D eigenvalue weighted by atomic mass is 16.5. The third-order valence-electron chi connectivity index (χ3n) is 7.51. The van der Waals surface area contributed by atoms with E-state index in [1.807, 2.05) is 57.4 Å². The third-order valence-corrected chi connectivity index (χ3v) is 7.51. The van der Waals surface area contributed by atoms with Crippen LogP contribution in [0.15, 0.2) is 42.5 Å². The molecule has 2 aliphatic carbocycles. The lowest BCUT2D eigenvalue weighted by molar-refractivity contribution is -0.148. The van der Waals surface area contributed by atoms with Gasteiger partial charge < -0.3 is 18.9 Å². The van der Waals surface area contributed by atoms with Crippen molar-refractivity contribution < 1.29 is 14.3 Å². The van der Waals surface area contributed by atoms with Gasteiger partial charge in [-0.3, -0.25) is 4.79 Å². The Bertz CT molecular complexity index is 1280. The van der Waals surface area contributed by atoms with Crippen molar-refractivity contribution in [3.8, 4) is 23.1 Å². The van der Waals surface area contributed by atoms with Gasteiger partial charge in [0, 0.05) is 24.0 Å². The molecule has 0 aliphatic heterocycles. The van der Waals surface area contributed by atoms with Gasteiger partial charge in [-0.1, -0.05) is 24.3 Å². The smallest absolute Gasteiger partial charge is 0.310 e. The van der Waals surface area contributed by atoms with Crippen molar-refractivity contribution in [2.24, 2.45) is 5.92 Å². The molecule has 0 saturated heterocycles. The number of hydrogen-bond acceptors (Lipinski definition) is 5. The van der Waals surface area contributed by atoms with Gasteiger partial charge in [0.15, 0.2) is 0 Å². The van der Waals surface area contributed by atoms with E-state index in [1.165, 1.54) is 6.42 Å². The van der Waals surface area contributed by atoms with E-state index in [4.69, 9.17) is 9.47 Å². The van der Waals surface area contributed by atoms with Gasteiger partial charge in [-0.15, -0.1) is 0 Å². The number of carbonyl (C=O) groups excluding carboxylic acids is 1. The van der Waals surface area contributed by atoms with Gasteiger partial charge >= 0.3 is 5.97 Å². The molecule has 5 rings (SSSR count). The summed E-state index contributed by atoms with van der Waals surface area (Å²) in [4.78, 5) is 14.5. The van der Waals surface area contributed by atoms with Gasteiger partial charge in [-0.2, -0.15) is 5.26 Å². The van der Waals surface area contributed by atoms with Crippen LogP contribution in [0.5, 0.6) is 5.75 Å². The number of hydrogen-bond donors (Lipinski definition) is 0. The van der Waals surface area contributed by atoms with E-state index < -0.39 is 0 Å². The number of benzene rings is 2. The number of nitrogens with zero attached hydrogens (tertiary/aromatic N) is 3. The molecule has 3 aromatic rings. The zero-order valence-corrected chi connectivity index (χ0v) is 21.5. The molecule has 36 heavy (non-hydrogen) atoms. The summed E-state index contributed by atoms with van der Waals surface area (Å²) in [6, 6.07) is 17.0. The Hall–Kier alpha value is -3.30. The van der Waals surface area contributed by atoms with Crippen LogP contribution in [0, 0.1) is 17.2 Å². The Morgan fingerprint density at radius 3 is 2.50 bits per heavy atom. The molecule has 1 aromatic heterocycles. The molecular weight excluding hydrogens is 450 g/mol. The first kappa shape index (κ1) is 24.4. The fourth-order valence-corrected chi connectivity index (χ4v) is 5.01. The molecule has 0 amide bonds. The maximum Gasteiger partial charge on any atom is 0.310 e. The monoisotopic (exact) mass is 485 g/mol. The van der Waals surface area contributed by atoms with E-state index >= 15 is 0 Å². The topological polar surface area (TPSA) is 67.5 Å². The first-order valence-corrected chi connectivity index (χ1v) is 13.1. The fraction of sp³-hybridized carbons (Fsp3) is 0.467. The minimum absolute atomic E-state index is 0.00453. The SMILES string of the molecule is CC(OC(=O)Cc1ccc(-c2c(C#N)c3ccc(OCCN(C)C)cc3n2C2CCC2)cc1)C1CC1. The highest BCUT2D eigenvalue weighted by Gasteiger charge is 2.31. The zero-order valence-electron chi connectivity index (χ0n) is 21.5. The Labute approximate surface area is 213 Å². The van der Waals surface area contributed by atoms with Crippen molar-refractivity contribution in [2.45, 2.75) is 57.6 Å². The summed E-state index contributed by atoms with van der Waals surface area (Å²) < 4.78 is 14.0. The summed E-state index contributed by atoms with van der Waals surface area (Å²) >= 11 is 0. The molecule has 6 nitrogen and oxygen atoms in total. The number of likely N-dealkylation sites (N-methyl/N-ethyl adjacent to an activating group) is 1. The third kappa shape index (κ3) is 5.12. The molecule has 2 fully saturated rings. The van der Waals surface area contributed by atoms with E-state index in [1.54, 1.807) is 0 Å². The van der Waals surface area contributed by atoms with Crippen molar-refractivity contribution >= 4 is 16.9 Å². The normalized spacial score (nSPS) is 16.5. The van der Waals surface area contributed by atoms with Gasteiger partial charge in [-0.05, 0) is 82.3 Å². The zero-order chi connectivity index (χ0) is 25.2. The lowest BCUT2D eigenvalue weighted by Crippen LogP contribution is -2.19. The van der Waals surface area contributed by atoms with Gasteiger partial charge in [0.05, 0.1) is 23.2 Å². The van der Waals surface area contributed by atoms with E-state index in [0.29, 0.717) is 24.1 Å². The van der Waals surface area contributed by atoms with Crippen molar-refractivity contribution in [1.29, 1.82) is 5.26 Å². The highest BCUT2D eigenvalue weighted by Crippen LogP contribution is 2.43. The van der Waals surface area contributed by atoms with Crippen LogP contribution in [-0.4, -0.2) is 48.8 Å². The average Bonchev–Trinajstić information content (AvgIpc) is 3.62. The average molecular weight is 486 g/mol. The fourth-order valence-electron chi connectivity index (χ4n) is 5.01. The Kier molecular flexibility index (Phi) is 7.02. The van der Waals surface area contributed by atoms with Crippen LogP contribution in [-0.2, 0) is 16.0 Å². The summed E-state index contributed by atoms with van der Waals surface area (Å²) in [5.74, 6) is 1.19. The lowest BCUT2D eigenvalue weighted by Gasteiger charge is -2.30. The summed E-state index contributed by atoms with van der Waals surface area (Å²) in [7, 11) is 4.06. The van der Waals surface area contributed by atoms with Crippen LogP contribution in [0.4, 0.5) is 0 Å². The molecule has 188 valence electrons. The molecule has 0 radical (unpaired) electrons. The molecule has 2 saturated carbocycles. The van der Waals surface area contributed by atoms with Crippen LogP contribution in [0.1, 0.15) is 56.2 Å². The lowest BCUT2D eigenvalue weighted by atomic mass is 9.92. The van der Waals surface area contributed by atoms with Crippen LogP contribution < -0.4 is 4.74 Å². The van der Waals surface area contributed by atoms with Crippen LogP contribution in [0.3, 0.4) is 0 Å². The summed E-state index contributed by atoms with van der Waals surface area (Å²) in [6.45, 7) is 3.44. The number of ether oxygens (including phenoxy) is 2. The Morgan fingerprint density at radius 2 is 1.89 bits per heavy atom. The molecule has 0 N–H and O–H groups in total. The van der Waals surface area contributed by atoms with Crippen molar-refractivity contribution in [3.63, 3.8) is 0 Å². The quantitative estimate of drug-likeness (QED) is 0.343. The number of nitriles is 1. The number of rotatable bonds is 10. The molecule has 0 bridgehead atoms. The molecule has 1 atom stereocenters. The van der Waals surface area contributed by atoms with Crippen LogP contribution >= 0.6 is 0 Å². The van der Waals surface area contributed by atoms with Crippen molar-refractivity contribution in [2.75, 3.05) is 27.2 Å². The molecule has 0 spiro atoms. The van der Waals surface area contributed by atoms with Crippen LogP contribution in [0.2, 0.25) is 0 Å². The molecule has 6 heteroatoms. The first-order valence-electron chi connectivity index (χ1n) is 13.1. The highest BCUT2D eigenvalue weighted by molar-refractivity contribution is 5.95. The summed E-state index contributed by atoms with van der Waals surface area (Å²) in [6.07, 6.45) is 6.00. The molecule has 1 unspecified atom stereocenters. The molecule has 2 aliphatic rings. The summed E-state index contributed by atoms with van der Waals surface area (Å²) in [5.41, 5.74) is 4.62. The number of aromatic nitrogens is 1. The van der Waals surface area contributed by atoms with E-state index in [-0.39, 0.29) is 18.5 Å². The number of fused-ring (bicyclic) bond motifs is 1. The predicted octanol–water partition coefficient (Wildman–Crippen LogP) is 5.73. The van der Waals surface area contributed by atoms with Crippen molar-refractivity contribution in [1.82, 2.24) is 9.47 Å². The first-order chi connectivity index (χ1) is 17.4. The number of esters is 1. The maximum atomic E-state index is 12.4. The predicted molar refractivity (Wildman–Crippen MR) is 141 cm³/mol. The van der Waals surface area contributed by atoms with Gasteiger partial charge in [0.1, 0.15) is 24.5 Å². The van der Waals surface area contributed by atoms with E-state index in [0.717, 1.165) is 65.7 Å². The molecular formula is C30H35N3O3. The van der Waals surface area contributed by atoms with E-state index in [9.17, 15) is 10.1 Å². The summed E-state index contributed by atoms with van der Waals surface area (Å²) in [5, 5.41) is 11.1. The minimum atomic E-state index is -0.176. The van der Waals surface area contributed by atoms with E-state index in [2.05, 4.69) is 21.6 Å². The minimum Gasteiger partial charge on any atom is -0.492 e. The second-order valence-corrected chi connectivity index (χ2v) is 10.5. The number of carbonyl (C=O) groups is 1. The Balaban J connectivity index is 1.44. The maximum absolute atomic E-state index is 12.4. The van der Waals surface area contributed by atoms with Gasteiger partial charge in [-0.25, -0.2) is 0 Å². The molecule has 2 aromatic carbocycles.